The maximum atomic E-state index is 12.4. The van der Waals surface area contributed by atoms with Crippen molar-refractivity contribution >= 4 is 11.8 Å². The van der Waals surface area contributed by atoms with Gasteiger partial charge in [0.25, 0.3) is 0 Å². The van der Waals surface area contributed by atoms with Crippen molar-refractivity contribution in [1.82, 2.24) is 10.3 Å². The van der Waals surface area contributed by atoms with Crippen molar-refractivity contribution in [2.24, 2.45) is 0 Å². The van der Waals surface area contributed by atoms with E-state index in [9.17, 15) is 14.7 Å². The number of ketones is 1. The standard InChI is InChI=1S/C30H28N2O5/c1-20(17-28(33)23-9-5-3-6-10-23)31-26(30(34)35)18-22-13-15-25(16-14-22)36-19-27-21(2)37-29(32-27)24-11-7-4-8-12-24/h3-17,26,31H,18-19H2,1-2H3,(H,34,35)/b20-17-/t26-/m0/s1. The van der Waals surface area contributed by atoms with Crippen molar-refractivity contribution in [3.8, 4) is 17.2 Å². The minimum atomic E-state index is -1.00. The van der Waals surface area contributed by atoms with Gasteiger partial charge in [0.05, 0.1) is 0 Å². The average molecular weight is 497 g/mol. The summed E-state index contributed by atoms with van der Waals surface area (Å²) in [6, 6.07) is 24.9. The number of hydrogen-bond acceptors (Lipinski definition) is 6. The summed E-state index contributed by atoms with van der Waals surface area (Å²) < 4.78 is 11.7. The molecule has 3 aromatic carbocycles. The number of carbonyl (C=O) groups excluding carboxylic acids is 1. The van der Waals surface area contributed by atoms with E-state index in [0.29, 0.717) is 34.4 Å². The second-order valence-corrected chi connectivity index (χ2v) is 8.62. The first-order chi connectivity index (χ1) is 17.9. The number of carboxylic acid groups (broad SMARTS) is 1. The summed E-state index contributed by atoms with van der Waals surface area (Å²) in [5, 5.41) is 12.6. The van der Waals surface area contributed by atoms with Crippen LogP contribution in [0.2, 0.25) is 0 Å². The predicted molar refractivity (Wildman–Crippen MR) is 140 cm³/mol. The van der Waals surface area contributed by atoms with Crippen LogP contribution in [0.5, 0.6) is 5.75 Å². The molecule has 2 N–H and O–H groups in total. The maximum absolute atomic E-state index is 12.4. The Morgan fingerprint density at radius 3 is 2.30 bits per heavy atom. The van der Waals surface area contributed by atoms with E-state index in [1.54, 1.807) is 43.3 Å². The molecule has 7 heteroatoms. The molecule has 0 amide bonds. The van der Waals surface area contributed by atoms with Crippen LogP contribution < -0.4 is 10.1 Å². The predicted octanol–water partition coefficient (Wildman–Crippen LogP) is 5.60. The number of nitrogens with one attached hydrogen (secondary N) is 1. The highest BCUT2D eigenvalue weighted by atomic mass is 16.5. The number of benzene rings is 3. The number of carbonyl (C=O) groups is 2. The average Bonchev–Trinajstić information content (AvgIpc) is 3.29. The van der Waals surface area contributed by atoms with E-state index in [-0.39, 0.29) is 18.8 Å². The highest BCUT2D eigenvalue weighted by Crippen LogP contribution is 2.23. The Kier molecular flexibility index (Phi) is 8.15. The Bertz CT molecular complexity index is 1380. The zero-order valence-corrected chi connectivity index (χ0v) is 20.7. The summed E-state index contributed by atoms with van der Waals surface area (Å²) in [6.45, 7) is 3.78. The third-order valence-electron chi connectivity index (χ3n) is 5.76. The number of nitrogens with zero attached hydrogens (tertiary/aromatic N) is 1. The number of oxazole rings is 1. The molecule has 0 aliphatic heterocycles. The van der Waals surface area contributed by atoms with Gasteiger partial charge in [-0.1, -0.05) is 60.7 Å². The molecular formula is C30H28N2O5. The molecule has 37 heavy (non-hydrogen) atoms. The minimum absolute atomic E-state index is 0.186. The van der Waals surface area contributed by atoms with Crippen LogP contribution in [0, 0.1) is 6.92 Å². The van der Waals surface area contributed by atoms with E-state index in [2.05, 4.69) is 10.3 Å². The number of rotatable bonds is 11. The Balaban J connectivity index is 1.35. The summed E-state index contributed by atoms with van der Waals surface area (Å²) >= 11 is 0. The van der Waals surface area contributed by atoms with E-state index < -0.39 is 12.0 Å². The van der Waals surface area contributed by atoms with Gasteiger partial charge in [0.15, 0.2) is 5.78 Å². The Morgan fingerprint density at radius 1 is 1.00 bits per heavy atom. The van der Waals surface area contributed by atoms with E-state index >= 15 is 0 Å². The molecule has 7 nitrogen and oxygen atoms in total. The van der Waals surface area contributed by atoms with Crippen molar-refractivity contribution in [2.45, 2.75) is 32.9 Å². The molecule has 0 unspecified atom stereocenters. The lowest BCUT2D eigenvalue weighted by Gasteiger charge is -2.16. The quantitative estimate of drug-likeness (QED) is 0.206. The van der Waals surface area contributed by atoms with Crippen LogP contribution in [0.4, 0.5) is 0 Å². The zero-order chi connectivity index (χ0) is 26.2. The minimum Gasteiger partial charge on any atom is -0.487 e. The maximum Gasteiger partial charge on any atom is 0.326 e. The van der Waals surface area contributed by atoms with Crippen LogP contribution >= 0.6 is 0 Å². The van der Waals surface area contributed by atoms with E-state index in [4.69, 9.17) is 9.15 Å². The van der Waals surface area contributed by atoms with Crippen molar-refractivity contribution in [1.29, 1.82) is 0 Å². The first kappa shape index (κ1) is 25.4. The molecule has 1 aromatic heterocycles. The molecule has 4 aromatic rings. The molecule has 4 rings (SSSR count). The molecule has 0 radical (unpaired) electrons. The Labute approximate surface area is 215 Å². The van der Waals surface area contributed by atoms with Crippen LogP contribution in [-0.2, 0) is 17.8 Å². The van der Waals surface area contributed by atoms with Gasteiger partial charge in [-0.05, 0) is 43.7 Å². The number of hydrogen-bond donors (Lipinski definition) is 2. The summed E-state index contributed by atoms with van der Waals surface area (Å²) in [5.41, 5.74) is 3.46. The van der Waals surface area contributed by atoms with Crippen molar-refractivity contribution in [2.75, 3.05) is 0 Å². The first-order valence-electron chi connectivity index (χ1n) is 11.9. The second kappa shape index (κ2) is 11.9. The highest BCUT2D eigenvalue weighted by molar-refractivity contribution is 6.04. The molecule has 0 bridgehead atoms. The van der Waals surface area contributed by atoms with Gasteiger partial charge in [-0.3, -0.25) is 4.79 Å². The van der Waals surface area contributed by atoms with E-state index in [1.807, 2.05) is 55.5 Å². The van der Waals surface area contributed by atoms with Gasteiger partial charge in [-0.25, -0.2) is 9.78 Å². The molecular weight excluding hydrogens is 468 g/mol. The normalized spacial score (nSPS) is 12.1. The number of aryl methyl sites for hydroxylation is 1. The van der Waals surface area contributed by atoms with Gasteiger partial charge >= 0.3 is 5.97 Å². The van der Waals surface area contributed by atoms with E-state index in [1.165, 1.54) is 6.08 Å². The summed E-state index contributed by atoms with van der Waals surface area (Å²) in [7, 11) is 0. The molecule has 1 atom stereocenters. The van der Waals surface area contributed by atoms with Crippen LogP contribution in [-0.4, -0.2) is 27.9 Å². The molecule has 0 aliphatic rings. The number of ether oxygens (including phenoxy) is 1. The third kappa shape index (κ3) is 6.95. The molecule has 1 heterocycles. The smallest absolute Gasteiger partial charge is 0.326 e. The molecule has 0 saturated carbocycles. The monoisotopic (exact) mass is 496 g/mol. The van der Waals surface area contributed by atoms with Crippen LogP contribution in [0.15, 0.2) is 101 Å². The largest absolute Gasteiger partial charge is 0.487 e. The molecule has 0 fully saturated rings. The summed E-state index contributed by atoms with van der Waals surface area (Å²) in [4.78, 5) is 28.8. The summed E-state index contributed by atoms with van der Waals surface area (Å²) in [5.74, 6) is 0.691. The first-order valence-corrected chi connectivity index (χ1v) is 11.9. The lowest BCUT2D eigenvalue weighted by Crippen LogP contribution is -2.37. The second-order valence-electron chi connectivity index (χ2n) is 8.62. The molecule has 0 aliphatic carbocycles. The van der Waals surface area contributed by atoms with Crippen LogP contribution in [0.3, 0.4) is 0 Å². The lowest BCUT2D eigenvalue weighted by molar-refractivity contribution is -0.139. The molecule has 0 spiro atoms. The molecule has 188 valence electrons. The van der Waals surface area contributed by atoms with Crippen LogP contribution in [0.25, 0.3) is 11.5 Å². The topological polar surface area (TPSA) is 102 Å². The Morgan fingerprint density at radius 2 is 1.65 bits per heavy atom. The summed E-state index contributed by atoms with van der Waals surface area (Å²) in [6.07, 6.45) is 1.65. The van der Waals surface area contributed by atoms with Gasteiger partial charge in [-0.2, -0.15) is 0 Å². The fraction of sp³-hybridized carbons (Fsp3) is 0.167. The van der Waals surface area contributed by atoms with Gasteiger partial charge in [0.1, 0.15) is 29.9 Å². The van der Waals surface area contributed by atoms with Crippen molar-refractivity contribution in [3.63, 3.8) is 0 Å². The highest BCUT2D eigenvalue weighted by Gasteiger charge is 2.18. The SMILES string of the molecule is C/C(=C/C(=O)c1ccccc1)N[C@@H](Cc1ccc(OCc2nc(-c3ccccc3)oc2C)cc1)C(=O)O. The molecule has 0 saturated heterocycles. The van der Waals surface area contributed by atoms with Gasteiger partial charge in [-0.15, -0.1) is 0 Å². The number of aromatic nitrogens is 1. The zero-order valence-electron chi connectivity index (χ0n) is 20.7. The van der Waals surface area contributed by atoms with Gasteiger partial charge in [0, 0.05) is 29.3 Å². The number of aliphatic carboxylic acids is 1. The van der Waals surface area contributed by atoms with E-state index in [0.717, 1.165) is 11.1 Å². The van der Waals surface area contributed by atoms with Gasteiger partial charge in [0.2, 0.25) is 5.89 Å². The third-order valence-corrected chi connectivity index (χ3v) is 5.76. The lowest BCUT2D eigenvalue weighted by atomic mass is 10.1. The number of allylic oxidation sites excluding steroid dienone is 2. The fourth-order valence-electron chi connectivity index (χ4n) is 3.77. The van der Waals surface area contributed by atoms with Crippen LogP contribution in [0.1, 0.15) is 34.3 Å². The van der Waals surface area contributed by atoms with Crippen molar-refractivity contribution in [3.05, 3.63) is 119 Å². The van der Waals surface area contributed by atoms with Crippen molar-refractivity contribution < 1.29 is 23.8 Å². The Hall–Kier alpha value is -4.65. The number of carboxylic acids is 1. The van der Waals surface area contributed by atoms with Gasteiger partial charge < -0.3 is 19.6 Å². The fourth-order valence-corrected chi connectivity index (χ4v) is 3.77.